The Labute approximate surface area is 149 Å². The number of hydrogen-bond acceptors (Lipinski definition) is 7. The number of phosphoric acid groups is 1. The molecule has 0 aromatic carbocycles. The van der Waals surface area contributed by atoms with Crippen molar-refractivity contribution in [2.75, 3.05) is 40.9 Å². The van der Waals surface area contributed by atoms with Crippen LogP contribution in [0.5, 0.6) is 0 Å². The number of nitrogens with zero attached hydrogens (tertiary/aromatic N) is 1. The highest BCUT2D eigenvalue weighted by atomic mass is 31.2. The topological polar surface area (TPSA) is 123 Å². The second kappa shape index (κ2) is 12.1. The van der Waals surface area contributed by atoms with Crippen LogP contribution in [-0.2, 0) is 23.3 Å². The van der Waals surface area contributed by atoms with Crippen LogP contribution < -0.4 is 0 Å². The van der Waals surface area contributed by atoms with Crippen molar-refractivity contribution in [2.24, 2.45) is 0 Å². The van der Waals surface area contributed by atoms with E-state index in [9.17, 15) is 14.3 Å². The molecule has 0 heterocycles. The molecule has 0 aliphatic carbocycles. The van der Waals surface area contributed by atoms with E-state index >= 15 is 0 Å². The van der Waals surface area contributed by atoms with Crippen LogP contribution in [0.4, 0.5) is 0 Å². The lowest BCUT2D eigenvalue weighted by Gasteiger charge is -2.29. The summed E-state index contributed by atoms with van der Waals surface area (Å²) in [6.07, 6.45) is 1.70. The van der Waals surface area contributed by atoms with Crippen molar-refractivity contribution in [3.8, 4) is 0 Å². The van der Waals surface area contributed by atoms with Crippen molar-refractivity contribution in [3.63, 3.8) is 0 Å². The molecule has 150 valence electrons. The van der Waals surface area contributed by atoms with Gasteiger partial charge in [0.1, 0.15) is 12.6 Å². The van der Waals surface area contributed by atoms with Crippen molar-refractivity contribution < 1.29 is 43.0 Å². The highest BCUT2D eigenvalue weighted by molar-refractivity contribution is 7.47. The summed E-state index contributed by atoms with van der Waals surface area (Å²) >= 11 is 0. The summed E-state index contributed by atoms with van der Waals surface area (Å²) < 4.78 is 22.2. The molecule has 0 radical (unpaired) electrons. The number of rotatable bonds is 15. The summed E-state index contributed by atoms with van der Waals surface area (Å²) in [5, 5.41) is 17.3. The summed E-state index contributed by atoms with van der Waals surface area (Å²) in [4.78, 5) is 26.1. The Balaban J connectivity index is 4.79. The number of likely N-dealkylation sites (N-methyl/N-ethyl adjacent to an activating group) is 1. The Hall–Kier alpha value is -0.380. The number of ketones is 1. The first kappa shape index (κ1) is 24.6. The fourth-order valence-electron chi connectivity index (χ4n) is 2.06. The fraction of sp³-hybridized carbons (Fsp3) is 0.933. The molecule has 0 saturated carbocycles. The number of carbonyl (C=O) groups excluding carboxylic acids is 1. The van der Waals surface area contributed by atoms with Gasteiger partial charge in [-0.2, -0.15) is 0 Å². The molecule has 0 aliphatic heterocycles. The molecule has 0 fully saturated rings. The van der Waals surface area contributed by atoms with Crippen LogP contribution in [0.2, 0.25) is 0 Å². The van der Waals surface area contributed by atoms with E-state index in [2.05, 4.69) is 11.8 Å². The van der Waals surface area contributed by atoms with E-state index in [1.54, 1.807) is 0 Å². The Morgan fingerprint density at radius 1 is 1.20 bits per heavy atom. The van der Waals surface area contributed by atoms with E-state index in [-0.39, 0.29) is 18.7 Å². The van der Waals surface area contributed by atoms with Crippen molar-refractivity contribution in [1.82, 2.24) is 0 Å². The number of phosphoric ester groups is 1. The number of aliphatic hydroxyl groups is 1. The first-order valence-corrected chi connectivity index (χ1v) is 9.94. The maximum absolute atomic E-state index is 12.4. The van der Waals surface area contributed by atoms with Crippen LogP contribution >= 0.6 is 7.82 Å². The van der Waals surface area contributed by atoms with Gasteiger partial charge in [-0.15, -0.1) is 0 Å². The minimum Gasteiger partial charge on any atom is -0.393 e. The van der Waals surface area contributed by atoms with Crippen molar-refractivity contribution >= 4 is 13.6 Å². The summed E-state index contributed by atoms with van der Waals surface area (Å²) in [6.45, 7) is 1.12. The number of carbonyl (C=O) groups is 1. The zero-order chi connectivity index (χ0) is 19.5. The highest BCUT2D eigenvalue weighted by Crippen LogP contribution is 2.45. The largest absolute Gasteiger partial charge is 0.473 e. The van der Waals surface area contributed by atoms with Gasteiger partial charge in [-0.1, -0.05) is 26.2 Å². The first-order valence-electron chi connectivity index (χ1n) is 8.44. The smallest absolute Gasteiger partial charge is 0.393 e. The van der Waals surface area contributed by atoms with Crippen molar-refractivity contribution in [1.29, 1.82) is 0 Å². The van der Waals surface area contributed by atoms with Gasteiger partial charge in [0.25, 0.3) is 0 Å². The molecule has 0 aromatic rings. The zero-order valence-corrected chi connectivity index (χ0v) is 16.5. The maximum atomic E-state index is 12.4. The van der Waals surface area contributed by atoms with Crippen LogP contribution in [0.3, 0.4) is 0 Å². The SMILES string of the molecule is CCCCCCC(=O)C(C[N+](C)(C)C)OP(=O)(O)OC[C@@H](CO)OO. The van der Waals surface area contributed by atoms with Gasteiger partial charge in [0.05, 0.1) is 34.4 Å². The number of aliphatic hydroxyl groups excluding tert-OH is 1. The molecule has 3 N–H and O–H groups in total. The Bertz CT molecular complexity index is 422. The summed E-state index contributed by atoms with van der Waals surface area (Å²) in [7, 11) is 0.969. The Kier molecular flexibility index (Phi) is 11.9. The van der Waals surface area contributed by atoms with Crippen LogP contribution in [0.15, 0.2) is 0 Å². The first-order chi connectivity index (χ1) is 11.5. The van der Waals surface area contributed by atoms with E-state index in [4.69, 9.17) is 19.4 Å². The lowest BCUT2D eigenvalue weighted by molar-refractivity contribution is -0.872. The summed E-state index contributed by atoms with van der Waals surface area (Å²) in [5.41, 5.74) is 0. The number of quaternary nitrogens is 1. The molecule has 0 rings (SSSR count). The van der Waals surface area contributed by atoms with E-state index < -0.39 is 33.2 Å². The Morgan fingerprint density at radius 2 is 1.84 bits per heavy atom. The molecule has 0 saturated heterocycles. The third-order valence-electron chi connectivity index (χ3n) is 3.39. The maximum Gasteiger partial charge on any atom is 0.473 e. The van der Waals surface area contributed by atoms with Crippen molar-refractivity contribution in [3.05, 3.63) is 0 Å². The lowest BCUT2D eigenvalue weighted by Crippen LogP contribution is -2.45. The van der Waals surface area contributed by atoms with Gasteiger partial charge in [0, 0.05) is 6.42 Å². The van der Waals surface area contributed by atoms with Gasteiger partial charge in [-0.05, 0) is 6.42 Å². The molecule has 0 aromatic heterocycles. The highest BCUT2D eigenvalue weighted by Gasteiger charge is 2.35. The Morgan fingerprint density at radius 3 is 2.32 bits per heavy atom. The molecule has 3 atom stereocenters. The monoisotopic (exact) mass is 386 g/mol. The third-order valence-corrected chi connectivity index (χ3v) is 4.38. The molecular formula is C15H33NO8P+. The number of Topliss-reactive ketones (excluding diaryl/α,β-unsaturated/α-hetero) is 1. The normalized spacial score (nSPS) is 17.1. The van der Waals surface area contributed by atoms with Gasteiger partial charge >= 0.3 is 7.82 Å². The fourth-order valence-corrected chi connectivity index (χ4v) is 2.98. The molecule has 0 amide bonds. The molecule has 0 spiro atoms. The van der Waals surface area contributed by atoms with Crippen LogP contribution in [0.1, 0.15) is 39.0 Å². The molecule has 2 unspecified atom stereocenters. The van der Waals surface area contributed by atoms with Gasteiger partial charge in [0.15, 0.2) is 11.9 Å². The second-order valence-electron chi connectivity index (χ2n) is 7.02. The minimum absolute atomic E-state index is 0.209. The van der Waals surface area contributed by atoms with Crippen LogP contribution in [-0.4, -0.2) is 78.6 Å². The standard InChI is InChI=1S/C15H32NO8P/c1-5-6-7-8-9-14(18)15(10-16(2,3)4)24-25(20,21)22-12-13(11-17)23-19/h13,15,17H,5-12H2,1-4H3,(H-,19,20,21)/p+1/t13-,15?/m1/s1. The van der Waals surface area contributed by atoms with Gasteiger partial charge in [0.2, 0.25) is 0 Å². The number of hydrogen-bond donors (Lipinski definition) is 3. The average Bonchev–Trinajstić information content (AvgIpc) is 2.50. The predicted octanol–water partition coefficient (Wildman–Crippen LogP) is 1.58. The molecular weight excluding hydrogens is 353 g/mol. The lowest BCUT2D eigenvalue weighted by atomic mass is 10.1. The quantitative estimate of drug-likeness (QED) is 0.127. The van der Waals surface area contributed by atoms with E-state index in [0.717, 1.165) is 19.3 Å². The average molecular weight is 386 g/mol. The molecule has 9 nitrogen and oxygen atoms in total. The summed E-state index contributed by atoms with van der Waals surface area (Å²) in [5.74, 6) is -0.251. The third kappa shape index (κ3) is 12.6. The molecule has 0 bridgehead atoms. The van der Waals surface area contributed by atoms with Crippen LogP contribution in [0, 0.1) is 0 Å². The van der Waals surface area contributed by atoms with Crippen molar-refractivity contribution in [2.45, 2.75) is 51.2 Å². The van der Waals surface area contributed by atoms with Crippen LogP contribution in [0.25, 0.3) is 0 Å². The number of unbranched alkanes of at least 4 members (excludes halogenated alkanes) is 3. The molecule has 25 heavy (non-hydrogen) atoms. The van der Waals surface area contributed by atoms with E-state index in [0.29, 0.717) is 10.9 Å². The van der Waals surface area contributed by atoms with Gasteiger partial charge in [-0.25, -0.2) is 9.45 Å². The molecule has 10 heteroatoms. The second-order valence-corrected chi connectivity index (χ2v) is 8.42. The minimum atomic E-state index is -4.55. The summed E-state index contributed by atoms with van der Waals surface area (Å²) in [6, 6.07) is 0. The zero-order valence-electron chi connectivity index (χ0n) is 15.6. The van der Waals surface area contributed by atoms with Gasteiger partial charge in [-0.3, -0.25) is 19.1 Å². The predicted molar refractivity (Wildman–Crippen MR) is 91.9 cm³/mol. The molecule has 0 aliphatic rings. The van der Waals surface area contributed by atoms with E-state index in [1.165, 1.54) is 0 Å². The van der Waals surface area contributed by atoms with E-state index in [1.807, 2.05) is 21.1 Å². The van der Waals surface area contributed by atoms with Gasteiger partial charge < -0.3 is 14.5 Å².